The highest BCUT2D eigenvalue weighted by molar-refractivity contribution is 5.85. The first-order chi connectivity index (χ1) is 17.1. The Labute approximate surface area is 204 Å². The summed E-state index contributed by atoms with van der Waals surface area (Å²) >= 11 is 0. The lowest BCUT2D eigenvalue weighted by atomic mass is 9.93. The monoisotopic (exact) mass is 480 g/mol. The molecule has 1 aliphatic carbocycles. The highest BCUT2D eigenvalue weighted by Crippen LogP contribution is 2.33. The van der Waals surface area contributed by atoms with Gasteiger partial charge in [-0.05, 0) is 31.7 Å². The summed E-state index contributed by atoms with van der Waals surface area (Å²) in [6.07, 6.45) is 7.29. The molecule has 1 saturated heterocycles. The zero-order chi connectivity index (χ0) is 24.2. The van der Waals surface area contributed by atoms with E-state index in [0.29, 0.717) is 17.9 Å². The molecule has 11 nitrogen and oxygen atoms in total. The standard InChI is InChI=1S/C24H32N8O3/c1-31(2)23-28-22(29-24(30-23)33-3)27-16-4-6-18(7-5-16)35-20-15-17(32-10-12-34-13-11-32)14-19-21(20)26-9-8-25-19/h8-9,14-16,18H,4-7,10-13H2,1-3H3,(H,27,28,29,30)/t16-,18+. The Bertz CT molecular complexity index is 1150. The van der Waals surface area contributed by atoms with Crippen LogP contribution in [-0.4, -0.2) is 84.6 Å². The van der Waals surface area contributed by atoms with Crippen molar-refractivity contribution in [3.63, 3.8) is 0 Å². The third kappa shape index (κ3) is 5.45. The van der Waals surface area contributed by atoms with Crippen molar-refractivity contribution < 1.29 is 14.2 Å². The Morgan fingerprint density at radius 1 is 1.00 bits per heavy atom. The molecule has 3 heterocycles. The lowest BCUT2D eigenvalue weighted by molar-refractivity contribution is 0.122. The summed E-state index contributed by atoms with van der Waals surface area (Å²) in [5.74, 6) is 1.89. The maximum absolute atomic E-state index is 6.53. The van der Waals surface area contributed by atoms with Crippen molar-refractivity contribution in [2.75, 3.05) is 62.6 Å². The van der Waals surface area contributed by atoms with Crippen LogP contribution in [0.15, 0.2) is 24.5 Å². The number of nitrogens with one attached hydrogen (secondary N) is 1. The molecule has 1 aliphatic heterocycles. The topological polar surface area (TPSA) is 111 Å². The smallest absolute Gasteiger partial charge is 0.322 e. The summed E-state index contributed by atoms with van der Waals surface area (Å²) in [5, 5.41) is 3.45. The second-order valence-electron chi connectivity index (χ2n) is 9.04. The van der Waals surface area contributed by atoms with Gasteiger partial charge in [0.1, 0.15) is 11.3 Å². The van der Waals surface area contributed by atoms with Gasteiger partial charge < -0.3 is 29.3 Å². The van der Waals surface area contributed by atoms with Gasteiger partial charge in [0.2, 0.25) is 11.9 Å². The van der Waals surface area contributed by atoms with E-state index in [1.807, 2.05) is 19.0 Å². The van der Waals surface area contributed by atoms with Gasteiger partial charge in [0.25, 0.3) is 0 Å². The lowest BCUT2D eigenvalue weighted by Crippen LogP contribution is -2.36. The average molecular weight is 481 g/mol. The summed E-state index contributed by atoms with van der Waals surface area (Å²) in [4.78, 5) is 26.4. The maximum atomic E-state index is 6.53. The predicted octanol–water partition coefficient (Wildman–Crippen LogP) is 2.53. The Kier molecular flexibility index (Phi) is 6.94. The fraction of sp³-hybridized carbons (Fsp3) is 0.542. The number of nitrogens with zero attached hydrogens (tertiary/aromatic N) is 7. The van der Waals surface area contributed by atoms with Gasteiger partial charge >= 0.3 is 6.01 Å². The second-order valence-corrected chi connectivity index (χ2v) is 9.04. The zero-order valence-electron chi connectivity index (χ0n) is 20.5. The van der Waals surface area contributed by atoms with E-state index in [9.17, 15) is 0 Å². The molecule has 0 spiro atoms. The number of benzene rings is 1. The first kappa shape index (κ1) is 23.3. The van der Waals surface area contributed by atoms with Crippen molar-refractivity contribution in [3.05, 3.63) is 24.5 Å². The molecule has 1 saturated carbocycles. The molecular weight excluding hydrogens is 448 g/mol. The molecule has 0 bridgehead atoms. The molecule has 2 fully saturated rings. The van der Waals surface area contributed by atoms with E-state index < -0.39 is 0 Å². The summed E-state index contributed by atoms with van der Waals surface area (Å²) in [6.45, 7) is 3.18. The molecule has 0 unspecified atom stereocenters. The zero-order valence-corrected chi connectivity index (χ0v) is 20.5. The van der Waals surface area contributed by atoms with Gasteiger partial charge in [0.05, 0.1) is 31.9 Å². The SMILES string of the molecule is COc1nc(N[C@H]2CC[C@@H](Oc3cc(N4CCOCC4)cc4nccnc34)CC2)nc(N(C)C)n1. The Hall–Kier alpha value is -3.47. The Morgan fingerprint density at radius 3 is 2.51 bits per heavy atom. The highest BCUT2D eigenvalue weighted by atomic mass is 16.5. The minimum absolute atomic E-state index is 0.114. The third-order valence-corrected chi connectivity index (χ3v) is 6.39. The van der Waals surface area contributed by atoms with Crippen LogP contribution in [0.1, 0.15) is 25.7 Å². The lowest BCUT2D eigenvalue weighted by Gasteiger charge is -2.31. The highest BCUT2D eigenvalue weighted by Gasteiger charge is 2.25. The molecule has 0 atom stereocenters. The fourth-order valence-corrected chi connectivity index (χ4v) is 4.51. The van der Waals surface area contributed by atoms with Crippen LogP contribution in [0, 0.1) is 0 Å². The van der Waals surface area contributed by atoms with Gasteiger partial charge in [-0.3, -0.25) is 4.98 Å². The molecule has 3 aromatic rings. The molecule has 2 aliphatic rings. The van der Waals surface area contributed by atoms with Crippen LogP contribution >= 0.6 is 0 Å². The number of hydrogen-bond donors (Lipinski definition) is 1. The number of hydrogen-bond acceptors (Lipinski definition) is 11. The van der Waals surface area contributed by atoms with Crippen LogP contribution in [-0.2, 0) is 4.74 Å². The van der Waals surface area contributed by atoms with Gasteiger partial charge in [-0.1, -0.05) is 0 Å². The fourth-order valence-electron chi connectivity index (χ4n) is 4.51. The van der Waals surface area contributed by atoms with E-state index in [0.717, 1.165) is 74.5 Å². The van der Waals surface area contributed by atoms with Crippen LogP contribution in [0.4, 0.5) is 17.6 Å². The average Bonchev–Trinajstić information content (AvgIpc) is 2.90. The van der Waals surface area contributed by atoms with Crippen molar-refractivity contribution in [1.29, 1.82) is 0 Å². The van der Waals surface area contributed by atoms with Gasteiger partial charge in [-0.25, -0.2) is 4.98 Å². The van der Waals surface area contributed by atoms with E-state index in [2.05, 4.69) is 47.3 Å². The van der Waals surface area contributed by atoms with Crippen molar-refractivity contribution in [1.82, 2.24) is 24.9 Å². The number of ether oxygens (including phenoxy) is 3. The molecular formula is C24H32N8O3. The molecule has 5 rings (SSSR count). The van der Waals surface area contributed by atoms with Gasteiger partial charge in [-0.2, -0.15) is 15.0 Å². The first-order valence-corrected chi connectivity index (χ1v) is 12.1. The van der Waals surface area contributed by atoms with Gasteiger partial charge in [0.15, 0.2) is 0 Å². The summed E-state index contributed by atoms with van der Waals surface area (Å²) < 4.78 is 17.3. The number of aromatic nitrogens is 5. The van der Waals surface area contributed by atoms with E-state index in [-0.39, 0.29) is 12.1 Å². The van der Waals surface area contributed by atoms with Crippen molar-refractivity contribution in [3.8, 4) is 11.8 Å². The number of anilines is 3. The molecule has 2 aromatic heterocycles. The van der Waals surface area contributed by atoms with Crippen LogP contribution in [0.3, 0.4) is 0 Å². The maximum Gasteiger partial charge on any atom is 0.322 e. The number of fused-ring (bicyclic) bond motifs is 1. The first-order valence-electron chi connectivity index (χ1n) is 12.1. The third-order valence-electron chi connectivity index (χ3n) is 6.39. The normalized spacial score (nSPS) is 20.5. The van der Waals surface area contributed by atoms with Crippen LogP contribution < -0.4 is 24.6 Å². The molecule has 35 heavy (non-hydrogen) atoms. The van der Waals surface area contributed by atoms with Gasteiger partial charge in [-0.15, -0.1) is 0 Å². The second kappa shape index (κ2) is 10.4. The quantitative estimate of drug-likeness (QED) is 0.538. The van der Waals surface area contributed by atoms with Gasteiger partial charge in [0, 0.05) is 57.4 Å². The Balaban J connectivity index is 1.26. The van der Waals surface area contributed by atoms with E-state index in [1.54, 1.807) is 19.5 Å². The van der Waals surface area contributed by atoms with Crippen LogP contribution in [0.5, 0.6) is 11.8 Å². The number of methoxy groups -OCH3 is 1. The van der Waals surface area contributed by atoms with Crippen molar-refractivity contribution >= 4 is 28.6 Å². The van der Waals surface area contributed by atoms with Crippen molar-refractivity contribution in [2.45, 2.75) is 37.8 Å². The van der Waals surface area contributed by atoms with E-state index in [1.165, 1.54) is 0 Å². The van der Waals surface area contributed by atoms with Crippen molar-refractivity contribution in [2.24, 2.45) is 0 Å². The molecule has 1 aromatic carbocycles. The van der Waals surface area contributed by atoms with Crippen LogP contribution in [0.2, 0.25) is 0 Å². The van der Waals surface area contributed by atoms with E-state index >= 15 is 0 Å². The van der Waals surface area contributed by atoms with Crippen LogP contribution in [0.25, 0.3) is 11.0 Å². The molecule has 186 valence electrons. The number of rotatable bonds is 7. The summed E-state index contributed by atoms with van der Waals surface area (Å²) in [5.41, 5.74) is 2.76. The van der Waals surface area contributed by atoms with E-state index in [4.69, 9.17) is 14.2 Å². The predicted molar refractivity (Wildman–Crippen MR) is 134 cm³/mol. The largest absolute Gasteiger partial charge is 0.488 e. The molecule has 0 radical (unpaired) electrons. The summed E-state index contributed by atoms with van der Waals surface area (Å²) in [7, 11) is 5.34. The number of morpholine rings is 1. The summed E-state index contributed by atoms with van der Waals surface area (Å²) in [6, 6.07) is 4.75. The molecule has 1 N–H and O–H groups in total. The molecule has 0 amide bonds. The Morgan fingerprint density at radius 2 is 1.77 bits per heavy atom. The minimum Gasteiger partial charge on any atom is -0.488 e. The molecule has 11 heteroatoms. The minimum atomic E-state index is 0.114.